The highest BCUT2D eigenvalue weighted by molar-refractivity contribution is 5.42. The Bertz CT molecular complexity index is 454. The Morgan fingerprint density at radius 1 is 0.955 bits per heavy atom. The van der Waals surface area contributed by atoms with E-state index in [2.05, 4.69) is 40.5 Å². The van der Waals surface area contributed by atoms with E-state index in [-0.39, 0.29) is 0 Å². The number of rotatable bonds is 3. The van der Waals surface area contributed by atoms with Crippen molar-refractivity contribution < 1.29 is 0 Å². The number of hydrogen-bond donors (Lipinski definition) is 0. The zero-order valence-corrected chi connectivity index (χ0v) is 14.3. The second kappa shape index (κ2) is 6.95. The van der Waals surface area contributed by atoms with E-state index in [0.29, 0.717) is 5.92 Å². The molecular formula is C18H30N4. The maximum absolute atomic E-state index is 4.50. The summed E-state index contributed by atoms with van der Waals surface area (Å²) in [6, 6.07) is 0.831. The van der Waals surface area contributed by atoms with Gasteiger partial charge in [0.1, 0.15) is 5.82 Å². The Labute approximate surface area is 134 Å². The average molecular weight is 302 g/mol. The predicted molar refractivity (Wildman–Crippen MR) is 91.3 cm³/mol. The standard InChI is InChI=1S/C18H30N4/c1-14(2)18-19-12-17(13-20-18)22-10-8-21(9-11-22)16-6-4-15(3)5-7-16/h12-16H,4-11H2,1-3H3. The smallest absolute Gasteiger partial charge is 0.130 e. The fraction of sp³-hybridized carbons (Fsp3) is 0.778. The van der Waals surface area contributed by atoms with Crippen LogP contribution in [0.3, 0.4) is 0 Å². The van der Waals surface area contributed by atoms with Gasteiger partial charge in [-0.1, -0.05) is 20.8 Å². The third-order valence-electron chi connectivity index (χ3n) is 5.36. The van der Waals surface area contributed by atoms with E-state index in [0.717, 1.165) is 30.9 Å². The molecule has 1 aromatic heterocycles. The molecule has 3 rings (SSSR count). The Kier molecular flexibility index (Phi) is 4.97. The van der Waals surface area contributed by atoms with E-state index in [1.807, 2.05) is 12.4 Å². The van der Waals surface area contributed by atoms with Crippen molar-refractivity contribution in [3.8, 4) is 0 Å². The van der Waals surface area contributed by atoms with E-state index in [1.165, 1.54) is 44.5 Å². The van der Waals surface area contributed by atoms with E-state index in [4.69, 9.17) is 0 Å². The monoisotopic (exact) mass is 302 g/mol. The average Bonchev–Trinajstić information content (AvgIpc) is 2.56. The number of piperazine rings is 1. The van der Waals surface area contributed by atoms with Crippen molar-refractivity contribution in [3.63, 3.8) is 0 Å². The van der Waals surface area contributed by atoms with Crippen LogP contribution in [0.2, 0.25) is 0 Å². The van der Waals surface area contributed by atoms with Gasteiger partial charge in [-0.05, 0) is 31.6 Å². The molecule has 0 bridgehead atoms. The van der Waals surface area contributed by atoms with Gasteiger partial charge in [-0.25, -0.2) is 9.97 Å². The molecule has 1 aliphatic heterocycles. The number of aromatic nitrogens is 2. The highest BCUT2D eigenvalue weighted by Gasteiger charge is 2.27. The minimum absolute atomic E-state index is 0.402. The first-order valence-corrected chi connectivity index (χ1v) is 8.94. The van der Waals surface area contributed by atoms with Gasteiger partial charge in [0.2, 0.25) is 0 Å². The van der Waals surface area contributed by atoms with Gasteiger partial charge in [0.15, 0.2) is 0 Å². The van der Waals surface area contributed by atoms with Crippen molar-refractivity contribution in [2.45, 2.75) is 58.4 Å². The lowest BCUT2D eigenvalue weighted by Gasteiger charge is -2.42. The fourth-order valence-electron chi connectivity index (χ4n) is 3.75. The number of nitrogens with zero attached hydrogens (tertiary/aromatic N) is 4. The third-order valence-corrected chi connectivity index (χ3v) is 5.36. The topological polar surface area (TPSA) is 32.3 Å². The van der Waals surface area contributed by atoms with E-state index >= 15 is 0 Å². The summed E-state index contributed by atoms with van der Waals surface area (Å²) in [5.41, 5.74) is 1.18. The molecule has 2 heterocycles. The van der Waals surface area contributed by atoms with Crippen LogP contribution in [0.1, 0.15) is 58.2 Å². The van der Waals surface area contributed by atoms with Gasteiger partial charge in [-0.3, -0.25) is 4.90 Å². The van der Waals surface area contributed by atoms with Crippen LogP contribution in [0.25, 0.3) is 0 Å². The summed E-state index contributed by atoms with van der Waals surface area (Å²) in [5, 5.41) is 0. The maximum atomic E-state index is 4.50. The Hall–Kier alpha value is -1.16. The van der Waals surface area contributed by atoms with Crippen LogP contribution < -0.4 is 4.90 Å². The summed E-state index contributed by atoms with van der Waals surface area (Å²) in [7, 11) is 0. The van der Waals surface area contributed by atoms with Gasteiger partial charge in [0.05, 0.1) is 18.1 Å². The maximum Gasteiger partial charge on any atom is 0.130 e. The van der Waals surface area contributed by atoms with Crippen molar-refractivity contribution in [3.05, 3.63) is 18.2 Å². The lowest BCUT2D eigenvalue weighted by molar-refractivity contribution is 0.133. The molecule has 0 spiro atoms. The SMILES string of the molecule is CC1CCC(N2CCN(c3cnc(C(C)C)nc3)CC2)CC1. The normalized spacial score (nSPS) is 27.4. The Balaban J connectivity index is 1.53. The van der Waals surface area contributed by atoms with Crippen LogP contribution in [0.15, 0.2) is 12.4 Å². The quantitative estimate of drug-likeness (QED) is 0.857. The van der Waals surface area contributed by atoms with Crippen LogP contribution in [-0.2, 0) is 0 Å². The lowest BCUT2D eigenvalue weighted by Crippen LogP contribution is -2.51. The molecule has 0 atom stereocenters. The Morgan fingerprint density at radius 3 is 2.09 bits per heavy atom. The minimum atomic E-state index is 0.402. The molecule has 0 N–H and O–H groups in total. The van der Waals surface area contributed by atoms with Crippen LogP contribution in [0, 0.1) is 5.92 Å². The molecule has 0 radical (unpaired) electrons. The zero-order chi connectivity index (χ0) is 15.5. The summed E-state index contributed by atoms with van der Waals surface area (Å²) in [6.45, 7) is 11.3. The summed E-state index contributed by atoms with van der Waals surface area (Å²) < 4.78 is 0. The van der Waals surface area contributed by atoms with Gasteiger partial charge in [-0.2, -0.15) is 0 Å². The van der Waals surface area contributed by atoms with E-state index in [9.17, 15) is 0 Å². The molecule has 1 aromatic rings. The molecule has 0 amide bonds. The molecule has 2 fully saturated rings. The van der Waals surface area contributed by atoms with Crippen LogP contribution in [-0.4, -0.2) is 47.1 Å². The minimum Gasteiger partial charge on any atom is -0.366 e. The third kappa shape index (κ3) is 3.60. The second-order valence-electron chi connectivity index (χ2n) is 7.39. The first-order valence-electron chi connectivity index (χ1n) is 8.94. The molecule has 0 unspecified atom stereocenters. The molecule has 0 aromatic carbocycles. The first-order chi connectivity index (χ1) is 10.6. The van der Waals surface area contributed by atoms with Crippen molar-refractivity contribution in [1.82, 2.24) is 14.9 Å². The molecule has 4 heteroatoms. The summed E-state index contributed by atoms with van der Waals surface area (Å²) in [4.78, 5) is 14.2. The van der Waals surface area contributed by atoms with E-state index < -0.39 is 0 Å². The second-order valence-corrected chi connectivity index (χ2v) is 7.39. The molecule has 4 nitrogen and oxygen atoms in total. The summed E-state index contributed by atoms with van der Waals surface area (Å²) >= 11 is 0. The largest absolute Gasteiger partial charge is 0.366 e. The van der Waals surface area contributed by atoms with E-state index in [1.54, 1.807) is 0 Å². The van der Waals surface area contributed by atoms with Gasteiger partial charge >= 0.3 is 0 Å². The molecule has 1 saturated carbocycles. The zero-order valence-electron chi connectivity index (χ0n) is 14.3. The fourth-order valence-corrected chi connectivity index (χ4v) is 3.75. The molecule has 1 aliphatic carbocycles. The van der Waals surface area contributed by atoms with Crippen molar-refractivity contribution in [1.29, 1.82) is 0 Å². The van der Waals surface area contributed by atoms with Crippen LogP contribution >= 0.6 is 0 Å². The first kappa shape index (κ1) is 15.7. The van der Waals surface area contributed by atoms with Gasteiger partial charge < -0.3 is 4.90 Å². The van der Waals surface area contributed by atoms with Crippen molar-refractivity contribution >= 4 is 5.69 Å². The molecule has 122 valence electrons. The molecule has 1 saturated heterocycles. The van der Waals surface area contributed by atoms with Gasteiger partial charge in [0.25, 0.3) is 0 Å². The highest BCUT2D eigenvalue weighted by Crippen LogP contribution is 2.28. The lowest BCUT2D eigenvalue weighted by atomic mass is 9.86. The Morgan fingerprint density at radius 2 is 1.55 bits per heavy atom. The molecule has 22 heavy (non-hydrogen) atoms. The summed E-state index contributed by atoms with van der Waals surface area (Å²) in [6.07, 6.45) is 9.62. The summed E-state index contributed by atoms with van der Waals surface area (Å²) in [5.74, 6) is 2.28. The number of anilines is 1. The van der Waals surface area contributed by atoms with Gasteiger partial charge in [-0.15, -0.1) is 0 Å². The predicted octanol–water partition coefficient (Wildman–Crippen LogP) is 3.30. The number of hydrogen-bond acceptors (Lipinski definition) is 4. The van der Waals surface area contributed by atoms with Gasteiger partial charge in [0, 0.05) is 38.1 Å². The van der Waals surface area contributed by atoms with Crippen molar-refractivity contribution in [2.75, 3.05) is 31.1 Å². The van der Waals surface area contributed by atoms with Crippen molar-refractivity contribution in [2.24, 2.45) is 5.92 Å². The van der Waals surface area contributed by atoms with Crippen LogP contribution in [0.5, 0.6) is 0 Å². The van der Waals surface area contributed by atoms with Crippen LogP contribution in [0.4, 0.5) is 5.69 Å². The highest BCUT2D eigenvalue weighted by atomic mass is 15.3. The molecule has 2 aliphatic rings. The molecular weight excluding hydrogens is 272 g/mol.